The number of aromatic nitrogens is 1. The van der Waals surface area contributed by atoms with Gasteiger partial charge in [0.2, 0.25) is 10.0 Å². The Morgan fingerprint density at radius 1 is 1.05 bits per heavy atom. The first kappa shape index (κ1) is 25.0. The molecule has 0 saturated carbocycles. The van der Waals surface area contributed by atoms with Crippen LogP contribution in [0.1, 0.15) is 27.0 Å². The number of rotatable bonds is 5. The van der Waals surface area contributed by atoms with E-state index < -0.39 is 16.0 Å². The van der Waals surface area contributed by atoms with Crippen LogP contribution in [0.5, 0.6) is 0 Å². The summed E-state index contributed by atoms with van der Waals surface area (Å²) in [4.78, 5) is 17.6. The molecule has 0 spiro atoms. The molecule has 0 radical (unpaired) electrons. The molecule has 1 unspecified atom stereocenters. The SMILES string of the molecule is CS(=O)(=O)N1C=C2CN(Cc3ccc(C#Cc4cccc(C(=O)O)c4-c4ccc5cc[nH]c5c4)cc3)CC2C1. The van der Waals surface area contributed by atoms with Crippen LogP contribution < -0.4 is 0 Å². The number of carboxylic acids is 1. The first-order valence-electron chi connectivity index (χ1n) is 12.7. The number of hydrogen-bond acceptors (Lipinski definition) is 4. The van der Waals surface area contributed by atoms with Crippen molar-refractivity contribution in [3.63, 3.8) is 0 Å². The van der Waals surface area contributed by atoms with Gasteiger partial charge in [-0.1, -0.05) is 42.2 Å². The third kappa shape index (κ3) is 5.07. The molecule has 0 aliphatic carbocycles. The Morgan fingerprint density at radius 3 is 2.62 bits per heavy atom. The van der Waals surface area contributed by atoms with Crippen molar-refractivity contribution in [3.05, 3.63) is 107 Å². The van der Waals surface area contributed by atoms with E-state index in [9.17, 15) is 18.3 Å². The maximum atomic E-state index is 12.0. The van der Waals surface area contributed by atoms with Crippen molar-refractivity contribution >= 4 is 26.9 Å². The molecule has 6 rings (SSSR count). The first-order chi connectivity index (χ1) is 18.7. The molecule has 0 bridgehead atoms. The van der Waals surface area contributed by atoms with Crippen molar-refractivity contribution in [1.82, 2.24) is 14.2 Å². The third-order valence-electron chi connectivity index (χ3n) is 7.39. The van der Waals surface area contributed by atoms with E-state index in [1.807, 2.05) is 48.7 Å². The number of hydrogen-bond donors (Lipinski definition) is 2. The lowest BCUT2D eigenvalue weighted by Crippen LogP contribution is -2.28. The summed E-state index contributed by atoms with van der Waals surface area (Å²) in [6, 6.07) is 21.1. The number of fused-ring (bicyclic) bond motifs is 2. The van der Waals surface area contributed by atoms with Crippen LogP contribution in [0.15, 0.2) is 84.7 Å². The van der Waals surface area contributed by atoms with E-state index in [-0.39, 0.29) is 11.5 Å². The van der Waals surface area contributed by atoms with Crippen molar-refractivity contribution in [2.24, 2.45) is 5.92 Å². The number of likely N-dealkylation sites (tertiary alicyclic amines) is 1. The molecule has 2 N–H and O–H groups in total. The van der Waals surface area contributed by atoms with Gasteiger partial charge in [0.25, 0.3) is 0 Å². The summed E-state index contributed by atoms with van der Waals surface area (Å²) in [7, 11) is -3.19. The predicted molar refractivity (Wildman–Crippen MR) is 152 cm³/mol. The predicted octanol–water partition coefficient (Wildman–Crippen LogP) is 4.52. The Morgan fingerprint density at radius 2 is 1.87 bits per heavy atom. The van der Waals surface area contributed by atoms with Crippen LogP contribution in [0.3, 0.4) is 0 Å². The molecule has 1 fully saturated rings. The summed E-state index contributed by atoms with van der Waals surface area (Å²) < 4.78 is 25.1. The topological polar surface area (TPSA) is 93.7 Å². The Labute approximate surface area is 227 Å². The van der Waals surface area contributed by atoms with Gasteiger partial charge in [-0.2, -0.15) is 0 Å². The molecule has 196 valence electrons. The van der Waals surface area contributed by atoms with Gasteiger partial charge < -0.3 is 10.1 Å². The molecule has 4 aromatic rings. The zero-order valence-electron chi connectivity index (χ0n) is 21.4. The van der Waals surface area contributed by atoms with E-state index >= 15 is 0 Å². The largest absolute Gasteiger partial charge is 0.478 e. The lowest BCUT2D eigenvalue weighted by molar-refractivity contribution is 0.0697. The van der Waals surface area contributed by atoms with Gasteiger partial charge in [-0.15, -0.1) is 0 Å². The standard InChI is InChI=1S/C31H27N3O4S/c1-39(37,38)34-19-26-17-33(18-27(26)20-34)16-22-7-5-21(6-8-22)9-10-24-3-2-4-28(31(35)36)30(24)25-12-11-23-13-14-32-29(23)15-25/h2-8,11-15,19,27,32H,16-18,20H2,1H3,(H,35,36). The van der Waals surface area contributed by atoms with Crippen LogP contribution in [0, 0.1) is 17.8 Å². The molecule has 39 heavy (non-hydrogen) atoms. The van der Waals surface area contributed by atoms with Crippen molar-refractivity contribution in [1.29, 1.82) is 0 Å². The summed E-state index contributed by atoms with van der Waals surface area (Å²) >= 11 is 0. The lowest BCUT2D eigenvalue weighted by Gasteiger charge is -2.19. The number of H-pyrrole nitrogens is 1. The normalized spacial score (nSPS) is 17.1. The van der Waals surface area contributed by atoms with Crippen LogP contribution in [-0.4, -0.2) is 59.6 Å². The summed E-state index contributed by atoms with van der Waals surface area (Å²) in [5.74, 6) is 5.68. The van der Waals surface area contributed by atoms with Crippen molar-refractivity contribution in [2.45, 2.75) is 6.54 Å². The van der Waals surface area contributed by atoms with E-state index in [0.717, 1.165) is 47.2 Å². The van der Waals surface area contributed by atoms with E-state index in [0.29, 0.717) is 17.7 Å². The van der Waals surface area contributed by atoms with E-state index in [2.05, 4.69) is 33.9 Å². The third-order valence-corrected chi connectivity index (χ3v) is 8.49. The highest BCUT2D eigenvalue weighted by atomic mass is 32.2. The number of aromatic carboxylic acids is 1. The minimum atomic E-state index is -3.19. The Balaban J connectivity index is 1.21. The molecule has 8 heteroatoms. The fourth-order valence-corrected chi connectivity index (χ4v) is 6.23. The van der Waals surface area contributed by atoms with Crippen molar-refractivity contribution < 1.29 is 18.3 Å². The summed E-state index contributed by atoms with van der Waals surface area (Å²) in [6.45, 7) is 2.93. The molecule has 1 saturated heterocycles. The molecule has 3 heterocycles. The van der Waals surface area contributed by atoms with Gasteiger partial charge >= 0.3 is 5.97 Å². The Bertz CT molecular complexity index is 1790. The van der Waals surface area contributed by atoms with Gasteiger partial charge in [0.15, 0.2) is 0 Å². The van der Waals surface area contributed by atoms with Gasteiger partial charge in [-0.05, 0) is 58.5 Å². The van der Waals surface area contributed by atoms with Crippen molar-refractivity contribution in [3.8, 4) is 23.0 Å². The van der Waals surface area contributed by atoms with Crippen molar-refractivity contribution in [2.75, 3.05) is 25.9 Å². The number of aromatic amines is 1. The molecule has 1 aromatic heterocycles. The quantitative estimate of drug-likeness (QED) is 0.365. The van der Waals surface area contributed by atoms with E-state index in [1.54, 1.807) is 18.3 Å². The molecule has 7 nitrogen and oxygen atoms in total. The molecule has 3 aromatic carbocycles. The highest BCUT2D eigenvalue weighted by molar-refractivity contribution is 7.88. The number of carbonyl (C=O) groups is 1. The van der Waals surface area contributed by atoms with Gasteiger partial charge in [-0.25, -0.2) is 13.2 Å². The number of benzene rings is 3. The van der Waals surface area contributed by atoms with Crippen LogP contribution in [-0.2, 0) is 16.6 Å². The zero-order chi connectivity index (χ0) is 27.1. The zero-order valence-corrected chi connectivity index (χ0v) is 22.2. The first-order valence-corrected chi connectivity index (χ1v) is 14.5. The highest BCUT2D eigenvalue weighted by Gasteiger charge is 2.35. The van der Waals surface area contributed by atoms with Crippen LogP contribution in [0.4, 0.5) is 0 Å². The van der Waals surface area contributed by atoms with Gasteiger partial charge in [0.05, 0.1) is 11.8 Å². The fraction of sp³-hybridized carbons (Fsp3) is 0.194. The number of sulfonamides is 1. The molecule has 1 atom stereocenters. The maximum Gasteiger partial charge on any atom is 0.336 e. The molecule has 2 aliphatic rings. The lowest BCUT2D eigenvalue weighted by atomic mass is 9.93. The Kier molecular flexibility index (Phi) is 6.26. The molecular weight excluding hydrogens is 510 g/mol. The van der Waals surface area contributed by atoms with Crippen LogP contribution in [0.2, 0.25) is 0 Å². The second-order valence-corrected chi connectivity index (χ2v) is 12.1. The summed E-state index contributed by atoms with van der Waals surface area (Å²) in [6.07, 6.45) is 4.91. The molecular formula is C31H27N3O4S. The fourth-order valence-electron chi connectivity index (χ4n) is 5.45. The Hall–Kier alpha value is -4.32. The van der Waals surface area contributed by atoms with Gasteiger partial charge in [0, 0.05) is 66.7 Å². The average molecular weight is 538 g/mol. The van der Waals surface area contributed by atoms with Gasteiger partial charge in [-0.3, -0.25) is 9.21 Å². The van der Waals surface area contributed by atoms with Crippen LogP contribution in [0.25, 0.3) is 22.0 Å². The molecule has 2 aliphatic heterocycles. The molecule has 0 amide bonds. The summed E-state index contributed by atoms with van der Waals surface area (Å²) in [5.41, 5.74) is 6.40. The number of carboxylic acid groups (broad SMARTS) is 1. The minimum absolute atomic E-state index is 0.216. The summed E-state index contributed by atoms with van der Waals surface area (Å²) in [5, 5.41) is 10.9. The average Bonchev–Trinajstić information content (AvgIpc) is 3.62. The second-order valence-electron chi connectivity index (χ2n) is 10.2. The van der Waals surface area contributed by atoms with Gasteiger partial charge in [0.1, 0.15) is 0 Å². The number of nitrogens with one attached hydrogen (secondary N) is 1. The minimum Gasteiger partial charge on any atom is -0.478 e. The smallest absolute Gasteiger partial charge is 0.336 e. The van der Waals surface area contributed by atoms with E-state index in [1.165, 1.54) is 16.1 Å². The van der Waals surface area contributed by atoms with Crippen LogP contribution >= 0.6 is 0 Å². The maximum absolute atomic E-state index is 12.0. The number of nitrogens with zero attached hydrogens (tertiary/aromatic N) is 2. The highest BCUT2D eigenvalue weighted by Crippen LogP contribution is 2.32. The van der Waals surface area contributed by atoms with E-state index in [4.69, 9.17) is 0 Å². The monoisotopic (exact) mass is 537 g/mol. The second kappa shape index (κ2) is 9.77.